The van der Waals surface area contributed by atoms with Crippen molar-refractivity contribution in [3.63, 3.8) is 0 Å². The smallest absolute Gasteiger partial charge is 0.137 e. The van der Waals surface area contributed by atoms with Gasteiger partial charge < -0.3 is 0 Å². The minimum Gasteiger partial charge on any atom is -0.263 e. The Morgan fingerprint density at radius 2 is 2.56 bits per heavy atom. The van der Waals surface area contributed by atoms with Gasteiger partial charge in [0.25, 0.3) is 0 Å². The Bertz CT molecular complexity index is 192. The van der Waals surface area contributed by atoms with E-state index in [1.807, 2.05) is 0 Å². The third kappa shape index (κ3) is 0.724. The zero-order chi connectivity index (χ0) is 6.27. The van der Waals surface area contributed by atoms with Crippen molar-refractivity contribution in [3.8, 4) is 0 Å². The first kappa shape index (κ1) is 4.97. The lowest BCUT2D eigenvalue weighted by Crippen LogP contribution is -1.83. The van der Waals surface area contributed by atoms with Gasteiger partial charge in [0.2, 0.25) is 0 Å². The molecule has 0 bridgehead atoms. The lowest BCUT2D eigenvalue weighted by atomic mass is 10.3. The fourth-order valence-electron chi connectivity index (χ4n) is 1.10. The molecule has 0 saturated heterocycles. The summed E-state index contributed by atoms with van der Waals surface area (Å²) in [5, 5.41) is 6.65. The topological polar surface area (TPSA) is 41.6 Å². The fourth-order valence-corrected chi connectivity index (χ4v) is 1.10. The Labute approximate surface area is 53.5 Å². The van der Waals surface area contributed by atoms with E-state index in [1.54, 1.807) is 6.33 Å². The Kier molecular flexibility index (Phi) is 0.860. The summed E-state index contributed by atoms with van der Waals surface area (Å²) in [5.41, 5.74) is 0. The van der Waals surface area contributed by atoms with Crippen LogP contribution in [0, 0.1) is 5.92 Å². The average Bonchev–Trinajstić information content (AvgIpc) is 2.44. The second-order valence-corrected chi connectivity index (χ2v) is 2.69. The zero-order valence-electron chi connectivity index (χ0n) is 5.33. The average molecular weight is 123 g/mol. The number of rotatable bonds is 1. The quantitative estimate of drug-likeness (QED) is 0.603. The summed E-state index contributed by atoms with van der Waals surface area (Å²) < 4.78 is 0. The van der Waals surface area contributed by atoms with E-state index < -0.39 is 0 Å². The summed E-state index contributed by atoms with van der Waals surface area (Å²) in [5.74, 6) is 2.55. The van der Waals surface area contributed by atoms with E-state index in [4.69, 9.17) is 0 Å². The Balaban J connectivity index is 2.18. The van der Waals surface area contributed by atoms with Crippen LogP contribution in [-0.4, -0.2) is 15.2 Å². The van der Waals surface area contributed by atoms with Gasteiger partial charge in [0.05, 0.1) is 0 Å². The van der Waals surface area contributed by atoms with E-state index in [1.165, 1.54) is 6.42 Å². The van der Waals surface area contributed by atoms with E-state index in [2.05, 4.69) is 22.1 Å². The van der Waals surface area contributed by atoms with E-state index in [0.29, 0.717) is 5.92 Å². The molecule has 0 amide bonds. The van der Waals surface area contributed by atoms with Gasteiger partial charge in [-0.2, -0.15) is 5.10 Å². The molecular weight excluding hydrogens is 114 g/mol. The van der Waals surface area contributed by atoms with Crippen LogP contribution in [-0.2, 0) is 0 Å². The van der Waals surface area contributed by atoms with Gasteiger partial charge in [-0.25, -0.2) is 4.98 Å². The van der Waals surface area contributed by atoms with Crippen molar-refractivity contribution in [2.45, 2.75) is 19.3 Å². The van der Waals surface area contributed by atoms with Crippen LogP contribution in [0.1, 0.15) is 25.1 Å². The second-order valence-electron chi connectivity index (χ2n) is 2.69. The van der Waals surface area contributed by atoms with Crippen molar-refractivity contribution in [1.82, 2.24) is 15.2 Å². The van der Waals surface area contributed by atoms with Crippen molar-refractivity contribution in [2.24, 2.45) is 5.92 Å². The van der Waals surface area contributed by atoms with Gasteiger partial charge in [0, 0.05) is 5.92 Å². The van der Waals surface area contributed by atoms with E-state index in [9.17, 15) is 0 Å². The second kappa shape index (κ2) is 1.56. The van der Waals surface area contributed by atoms with Crippen LogP contribution in [0.4, 0.5) is 0 Å². The largest absolute Gasteiger partial charge is 0.263 e. The molecule has 1 aliphatic rings. The summed E-state index contributed by atoms with van der Waals surface area (Å²) in [6, 6.07) is 0. The van der Waals surface area contributed by atoms with Crippen molar-refractivity contribution < 1.29 is 0 Å². The van der Waals surface area contributed by atoms with Crippen LogP contribution in [0.2, 0.25) is 0 Å². The maximum absolute atomic E-state index is 4.06. The molecule has 48 valence electrons. The summed E-state index contributed by atoms with van der Waals surface area (Å²) in [6.07, 6.45) is 2.84. The highest BCUT2D eigenvalue weighted by molar-refractivity contribution is 5.06. The first-order valence-electron chi connectivity index (χ1n) is 3.23. The lowest BCUT2D eigenvalue weighted by Gasteiger charge is -1.84. The molecule has 1 N–H and O–H groups in total. The number of hydrogen-bond acceptors (Lipinski definition) is 2. The van der Waals surface area contributed by atoms with Crippen LogP contribution in [0.5, 0.6) is 0 Å². The highest BCUT2D eigenvalue weighted by Crippen LogP contribution is 2.44. The third-order valence-electron chi connectivity index (χ3n) is 1.89. The molecule has 2 rings (SSSR count). The lowest BCUT2D eigenvalue weighted by molar-refractivity contribution is 0.848. The SMILES string of the molecule is CC1CC1c1ncn[nH]1. The van der Waals surface area contributed by atoms with E-state index in [-0.39, 0.29) is 0 Å². The van der Waals surface area contributed by atoms with Crippen LogP contribution in [0.25, 0.3) is 0 Å². The summed E-state index contributed by atoms with van der Waals surface area (Å²) in [6.45, 7) is 2.23. The Morgan fingerprint density at radius 1 is 1.78 bits per heavy atom. The number of hydrogen-bond donors (Lipinski definition) is 1. The molecule has 1 aromatic heterocycles. The zero-order valence-corrected chi connectivity index (χ0v) is 5.33. The minimum absolute atomic E-state index is 0.674. The summed E-state index contributed by atoms with van der Waals surface area (Å²) in [7, 11) is 0. The molecule has 2 atom stereocenters. The molecule has 9 heavy (non-hydrogen) atoms. The highest BCUT2D eigenvalue weighted by Gasteiger charge is 2.36. The van der Waals surface area contributed by atoms with E-state index in [0.717, 1.165) is 11.7 Å². The molecule has 1 heterocycles. The Morgan fingerprint density at radius 3 is 3.00 bits per heavy atom. The molecule has 3 nitrogen and oxygen atoms in total. The molecule has 2 unspecified atom stereocenters. The van der Waals surface area contributed by atoms with Crippen molar-refractivity contribution in [2.75, 3.05) is 0 Å². The fraction of sp³-hybridized carbons (Fsp3) is 0.667. The molecule has 1 aliphatic carbocycles. The molecule has 1 saturated carbocycles. The van der Waals surface area contributed by atoms with E-state index >= 15 is 0 Å². The van der Waals surface area contributed by atoms with Crippen LogP contribution < -0.4 is 0 Å². The van der Waals surface area contributed by atoms with Crippen LogP contribution in [0.3, 0.4) is 0 Å². The summed E-state index contributed by atoms with van der Waals surface area (Å²) >= 11 is 0. The molecule has 1 aromatic rings. The normalized spacial score (nSPS) is 32.6. The minimum atomic E-state index is 0.674. The van der Waals surface area contributed by atoms with Gasteiger partial charge in [0.1, 0.15) is 12.2 Å². The molecule has 0 aromatic carbocycles. The maximum atomic E-state index is 4.06. The predicted molar refractivity (Wildman–Crippen MR) is 32.9 cm³/mol. The monoisotopic (exact) mass is 123 g/mol. The van der Waals surface area contributed by atoms with Gasteiger partial charge in [0.15, 0.2) is 0 Å². The number of aromatic amines is 1. The van der Waals surface area contributed by atoms with Crippen molar-refractivity contribution in [1.29, 1.82) is 0 Å². The third-order valence-corrected chi connectivity index (χ3v) is 1.89. The maximum Gasteiger partial charge on any atom is 0.137 e. The number of H-pyrrole nitrogens is 1. The molecule has 3 heteroatoms. The van der Waals surface area contributed by atoms with Crippen LogP contribution in [0.15, 0.2) is 6.33 Å². The number of aromatic nitrogens is 3. The first-order valence-corrected chi connectivity index (χ1v) is 3.23. The van der Waals surface area contributed by atoms with Gasteiger partial charge in [-0.15, -0.1) is 0 Å². The predicted octanol–water partition coefficient (Wildman–Crippen LogP) is 0.928. The molecule has 1 fully saturated rings. The van der Waals surface area contributed by atoms with Gasteiger partial charge >= 0.3 is 0 Å². The van der Waals surface area contributed by atoms with Crippen molar-refractivity contribution in [3.05, 3.63) is 12.2 Å². The highest BCUT2D eigenvalue weighted by atomic mass is 15.2. The summed E-state index contributed by atoms with van der Waals surface area (Å²) in [4.78, 5) is 4.06. The van der Waals surface area contributed by atoms with Gasteiger partial charge in [-0.3, -0.25) is 5.10 Å². The Hall–Kier alpha value is -0.860. The number of nitrogens with zero attached hydrogens (tertiary/aromatic N) is 2. The molecule has 0 spiro atoms. The van der Waals surface area contributed by atoms with Gasteiger partial charge in [-0.1, -0.05) is 6.92 Å². The van der Waals surface area contributed by atoms with Gasteiger partial charge in [-0.05, 0) is 12.3 Å². The standard InChI is InChI=1S/C6H9N3/c1-4-2-5(4)6-7-3-8-9-6/h3-5H,2H2,1H3,(H,7,8,9). The molecular formula is C6H9N3. The molecule has 0 aliphatic heterocycles. The van der Waals surface area contributed by atoms with Crippen LogP contribution >= 0.6 is 0 Å². The number of nitrogens with one attached hydrogen (secondary N) is 1. The first-order chi connectivity index (χ1) is 4.38. The van der Waals surface area contributed by atoms with Crippen molar-refractivity contribution >= 4 is 0 Å². The molecule has 0 radical (unpaired) electrons.